The first kappa shape index (κ1) is 25.7. The summed E-state index contributed by atoms with van der Waals surface area (Å²) in [5, 5.41) is 9.47. The number of hydrogen-bond donors (Lipinski definition) is 0. The molecular weight excluding hydrogens is 492 g/mol. The Morgan fingerprint density at radius 2 is 1.91 bits per heavy atom. The Morgan fingerprint density at radius 3 is 2.51 bits per heavy atom. The predicted octanol–water partition coefficient (Wildman–Crippen LogP) is 3.47. The van der Waals surface area contributed by atoms with Crippen LogP contribution in [-0.2, 0) is 18.0 Å². The van der Waals surface area contributed by atoms with Gasteiger partial charge in [0, 0.05) is 24.2 Å². The van der Waals surface area contributed by atoms with Gasteiger partial charge in [-0.2, -0.15) is 18.4 Å². The second-order valence-corrected chi connectivity index (χ2v) is 8.32. The van der Waals surface area contributed by atoms with E-state index in [1.54, 1.807) is 18.2 Å². The van der Waals surface area contributed by atoms with E-state index in [2.05, 4.69) is 4.98 Å². The van der Waals surface area contributed by atoms with Gasteiger partial charge in [-0.25, -0.2) is 18.7 Å². The van der Waals surface area contributed by atoms with Crippen molar-refractivity contribution in [3.63, 3.8) is 0 Å². The van der Waals surface area contributed by atoms with Crippen LogP contribution in [0.15, 0.2) is 55.9 Å². The third kappa shape index (κ3) is 5.27. The van der Waals surface area contributed by atoms with Gasteiger partial charge in [-0.05, 0) is 38.1 Å². The number of ketones is 1. The van der Waals surface area contributed by atoms with Crippen molar-refractivity contribution in [3.05, 3.63) is 74.4 Å². The Bertz CT molecular complexity index is 1470. The number of halogens is 4. The Kier molecular flexibility index (Phi) is 7.16. The lowest BCUT2D eigenvalue weighted by molar-refractivity contribution is -0.144. The summed E-state index contributed by atoms with van der Waals surface area (Å²) in [7, 11) is 0.799. The van der Waals surface area contributed by atoms with E-state index in [1.165, 1.54) is 20.0 Å². The molecule has 2 heterocycles. The van der Waals surface area contributed by atoms with Crippen molar-refractivity contribution in [1.82, 2.24) is 14.1 Å². The maximum Gasteiger partial charge on any atom is 0.431 e. The van der Waals surface area contributed by atoms with E-state index < -0.39 is 40.7 Å². The fourth-order valence-corrected chi connectivity index (χ4v) is 3.87. The zero-order valence-electron chi connectivity index (χ0n) is 18.4. The van der Waals surface area contributed by atoms with Crippen molar-refractivity contribution in [3.8, 4) is 17.6 Å². The number of nitriles is 1. The average molecular weight is 508 g/mol. The molecule has 3 aromatic rings. The van der Waals surface area contributed by atoms with Crippen molar-refractivity contribution < 1.29 is 27.1 Å². The SMILES string of the molecule is CC(=O)C(C)Oc1ncccc1Sc1cc(-n2c(=O)cc(C(F)(F)F)n(C)c2=O)c(F)cc1C#N. The van der Waals surface area contributed by atoms with E-state index in [0.717, 1.165) is 30.9 Å². The molecular formula is C22H16F4N4O4S. The number of rotatable bonds is 6. The lowest BCUT2D eigenvalue weighted by atomic mass is 10.2. The van der Waals surface area contributed by atoms with Crippen LogP contribution in [0.25, 0.3) is 5.69 Å². The highest BCUT2D eigenvalue weighted by Gasteiger charge is 2.35. The van der Waals surface area contributed by atoms with Gasteiger partial charge >= 0.3 is 11.9 Å². The molecule has 182 valence electrons. The molecule has 35 heavy (non-hydrogen) atoms. The zero-order valence-corrected chi connectivity index (χ0v) is 19.2. The van der Waals surface area contributed by atoms with Crippen LogP contribution in [-0.4, -0.2) is 26.0 Å². The lowest BCUT2D eigenvalue weighted by Crippen LogP contribution is -2.41. The van der Waals surface area contributed by atoms with Gasteiger partial charge in [0.05, 0.1) is 16.1 Å². The number of carbonyl (C=O) groups is 1. The molecule has 1 aromatic carbocycles. The third-order valence-corrected chi connectivity index (χ3v) is 5.93. The summed E-state index contributed by atoms with van der Waals surface area (Å²) in [5.41, 5.74) is -5.15. The van der Waals surface area contributed by atoms with Gasteiger partial charge in [0.15, 0.2) is 11.9 Å². The first-order chi connectivity index (χ1) is 16.3. The normalized spacial score (nSPS) is 12.2. The molecule has 0 saturated heterocycles. The Balaban J connectivity index is 2.17. The standard InChI is InChI=1S/C22H16F4N4O4S/c1-11(31)12(2)34-20-16(5-4-6-28-20)35-17-8-15(14(23)7-13(17)10-27)30-19(32)9-18(22(24,25)26)29(3)21(30)33/h4-9,12H,1-3H3. The minimum absolute atomic E-state index is 0.0394. The second kappa shape index (κ2) is 9.75. The summed E-state index contributed by atoms with van der Waals surface area (Å²) in [6.07, 6.45) is -4.42. The topological polar surface area (TPSA) is 107 Å². The number of carbonyl (C=O) groups excluding carboxylic acids is 1. The zero-order chi connectivity index (χ0) is 26.1. The number of alkyl halides is 3. The van der Waals surface area contributed by atoms with Crippen molar-refractivity contribution >= 4 is 17.5 Å². The van der Waals surface area contributed by atoms with E-state index in [1.807, 2.05) is 0 Å². The van der Waals surface area contributed by atoms with Crippen molar-refractivity contribution in [2.24, 2.45) is 7.05 Å². The quantitative estimate of drug-likeness (QED) is 0.470. The number of Topliss-reactive ketones (excluding diaryl/α,β-unsaturated/α-hetero) is 1. The van der Waals surface area contributed by atoms with E-state index in [0.29, 0.717) is 4.90 Å². The van der Waals surface area contributed by atoms with Gasteiger partial charge in [-0.3, -0.25) is 14.2 Å². The summed E-state index contributed by atoms with van der Waals surface area (Å²) in [4.78, 5) is 41.0. The van der Waals surface area contributed by atoms with Crippen LogP contribution in [0.2, 0.25) is 0 Å². The van der Waals surface area contributed by atoms with E-state index in [4.69, 9.17) is 4.74 Å². The van der Waals surface area contributed by atoms with Gasteiger partial charge in [-0.1, -0.05) is 11.8 Å². The summed E-state index contributed by atoms with van der Waals surface area (Å²) >= 11 is 0.868. The van der Waals surface area contributed by atoms with Crippen LogP contribution in [0.4, 0.5) is 17.6 Å². The second-order valence-electron chi connectivity index (χ2n) is 7.23. The smallest absolute Gasteiger partial charge is 0.431 e. The van der Waals surface area contributed by atoms with Gasteiger partial charge in [0.1, 0.15) is 17.6 Å². The van der Waals surface area contributed by atoms with E-state index >= 15 is 0 Å². The van der Waals surface area contributed by atoms with Crippen LogP contribution in [0.3, 0.4) is 0 Å². The maximum atomic E-state index is 14.8. The number of nitrogens with zero attached hydrogens (tertiary/aromatic N) is 4. The molecule has 0 bridgehead atoms. The molecule has 0 aliphatic rings. The summed E-state index contributed by atoms with van der Waals surface area (Å²) in [6.45, 7) is 2.83. The summed E-state index contributed by atoms with van der Waals surface area (Å²) in [6, 6.07) is 6.82. The highest BCUT2D eigenvalue weighted by molar-refractivity contribution is 7.99. The highest BCUT2D eigenvalue weighted by Crippen LogP contribution is 2.37. The highest BCUT2D eigenvalue weighted by atomic mass is 32.2. The predicted molar refractivity (Wildman–Crippen MR) is 116 cm³/mol. The molecule has 0 amide bonds. The monoisotopic (exact) mass is 508 g/mol. The van der Waals surface area contributed by atoms with Crippen LogP contribution < -0.4 is 16.0 Å². The first-order valence-electron chi connectivity index (χ1n) is 9.79. The molecule has 0 N–H and O–H groups in total. The molecule has 0 radical (unpaired) electrons. The van der Waals surface area contributed by atoms with Gasteiger partial charge < -0.3 is 4.74 Å². The maximum absolute atomic E-state index is 14.8. The van der Waals surface area contributed by atoms with Crippen molar-refractivity contribution in [1.29, 1.82) is 5.26 Å². The minimum Gasteiger partial charge on any atom is -0.466 e. The van der Waals surface area contributed by atoms with Gasteiger partial charge in [0.25, 0.3) is 5.56 Å². The van der Waals surface area contributed by atoms with Crippen LogP contribution in [0.5, 0.6) is 5.88 Å². The number of benzene rings is 1. The molecule has 0 aliphatic heterocycles. The first-order valence-corrected chi connectivity index (χ1v) is 10.6. The Labute approximate surface area is 199 Å². The fraction of sp³-hybridized carbons (Fsp3) is 0.227. The lowest BCUT2D eigenvalue weighted by Gasteiger charge is -2.16. The molecule has 3 rings (SSSR count). The molecule has 0 spiro atoms. The van der Waals surface area contributed by atoms with Gasteiger partial charge in [-0.15, -0.1) is 0 Å². The molecule has 8 nitrogen and oxygen atoms in total. The molecule has 0 fully saturated rings. The molecule has 0 saturated carbocycles. The van der Waals surface area contributed by atoms with Gasteiger partial charge in [0.2, 0.25) is 5.88 Å². The minimum atomic E-state index is -4.98. The molecule has 0 aliphatic carbocycles. The molecule has 1 atom stereocenters. The Morgan fingerprint density at radius 1 is 1.23 bits per heavy atom. The third-order valence-electron chi connectivity index (χ3n) is 4.84. The largest absolute Gasteiger partial charge is 0.466 e. The van der Waals surface area contributed by atoms with E-state index in [-0.39, 0.29) is 37.3 Å². The number of hydrogen-bond acceptors (Lipinski definition) is 7. The summed E-state index contributed by atoms with van der Waals surface area (Å²) < 4.78 is 60.2. The van der Waals surface area contributed by atoms with Crippen LogP contribution in [0, 0.1) is 17.1 Å². The van der Waals surface area contributed by atoms with Crippen molar-refractivity contribution in [2.45, 2.75) is 35.9 Å². The summed E-state index contributed by atoms with van der Waals surface area (Å²) in [5.74, 6) is -1.40. The Hall–Kier alpha value is -3.92. The molecule has 1 unspecified atom stereocenters. The number of aromatic nitrogens is 3. The van der Waals surface area contributed by atoms with Crippen LogP contribution in [0.1, 0.15) is 25.1 Å². The molecule has 2 aromatic heterocycles. The number of pyridine rings is 1. The average Bonchev–Trinajstić information content (AvgIpc) is 2.78. The van der Waals surface area contributed by atoms with Crippen molar-refractivity contribution in [2.75, 3.05) is 0 Å². The molecule has 13 heteroatoms. The number of ether oxygens (including phenoxy) is 1. The van der Waals surface area contributed by atoms with Crippen LogP contribution >= 0.6 is 11.8 Å². The fourth-order valence-electron chi connectivity index (χ4n) is 2.92. The van der Waals surface area contributed by atoms with E-state index in [9.17, 15) is 37.2 Å².